The molecule has 128 valence electrons. The van der Waals surface area contributed by atoms with Gasteiger partial charge in [-0.05, 0) is 20.3 Å². The number of aryl methyl sites for hydroxylation is 1. The lowest BCUT2D eigenvalue weighted by Crippen LogP contribution is -2.42. The molecule has 2 unspecified atom stereocenters. The predicted octanol–water partition coefficient (Wildman–Crippen LogP) is -1.21. The van der Waals surface area contributed by atoms with Gasteiger partial charge < -0.3 is 10.7 Å². The van der Waals surface area contributed by atoms with E-state index in [9.17, 15) is 18.0 Å². The van der Waals surface area contributed by atoms with Crippen LogP contribution in [0.4, 0.5) is 0 Å². The van der Waals surface area contributed by atoms with E-state index in [4.69, 9.17) is 5.84 Å². The summed E-state index contributed by atoms with van der Waals surface area (Å²) in [5.74, 6) is 5.48. The maximum atomic E-state index is 12.4. The highest BCUT2D eigenvalue weighted by molar-refractivity contribution is 8.00. The minimum atomic E-state index is -3.06. The summed E-state index contributed by atoms with van der Waals surface area (Å²) in [6.07, 6.45) is 0.438. The number of nitrogens with zero attached hydrogens (tertiary/aromatic N) is 4. The van der Waals surface area contributed by atoms with E-state index >= 15 is 0 Å². The molecule has 0 bridgehead atoms. The first-order valence-electron chi connectivity index (χ1n) is 6.97. The Bertz CT molecular complexity index is 776. The van der Waals surface area contributed by atoms with E-state index in [-0.39, 0.29) is 34.3 Å². The van der Waals surface area contributed by atoms with Gasteiger partial charge in [0, 0.05) is 13.1 Å². The van der Waals surface area contributed by atoms with E-state index in [1.807, 2.05) is 0 Å². The lowest BCUT2D eigenvalue weighted by molar-refractivity contribution is -0.130. The van der Waals surface area contributed by atoms with Crippen molar-refractivity contribution < 1.29 is 13.2 Å². The molecule has 1 saturated heterocycles. The van der Waals surface area contributed by atoms with Crippen molar-refractivity contribution in [2.75, 3.05) is 24.4 Å². The fourth-order valence-electron chi connectivity index (χ4n) is 2.31. The summed E-state index contributed by atoms with van der Waals surface area (Å²) in [5.41, 5.74) is -0.304. The number of carbonyl (C=O) groups excluding carboxylic acids is 1. The Labute approximate surface area is 138 Å². The summed E-state index contributed by atoms with van der Waals surface area (Å²) in [7, 11) is -1.48. The topological polar surface area (TPSA) is 128 Å². The quantitative estimate of drug-likeness (QED) is 0.522. The number of sulfone groups is 1. The zero-order valence-corrected chi connectivity index (χ0v) is 14.7. The number of nitrogens with two attached hydrogens (primary N) is 1. The van der Waals surface area contributed by atoms with E-state index in [0.717, 1.165) is 16.4 Å². The second-order valence-corrected chi connectivity index (χ2v) is 9.05. The fourth-order valence-corrected chi connectivity index (χ4v) is 4.95. The third-order valence-electron chi connectivity index (χ3n) is 3.75. The third kappa shape index (κ3) is 3.83. The largest absolute Gasteiger partial charge is 0.341 e. The zero-order valence-electron chi connectivity index (χ0n) is 13.1. The number of thioether (sulfide) groups is 1. The van der Waals surface area contributed by atoms with Gasteiger partial charge in [0.15, 0.2) is 9.84 Å². The molecule has 0 aliphatic carbocycles. The van der Waals surface area contributed by atoms with Crippen molar-refractivity contribution in [3.05, 3.63) is 16.0 Å². The average molecular weight is 361 g/mol. The highest BCUT2D eigenvalue weighted by Crippen LogP contribution is 2.23. The standard InChI is InChI=1S/C12H19N5O4S2/c1-7-10(18)17(13)12(15-14-7)22-8(2)11(19)16(3)9-4-5-23(20,21)6-9/h8-9H,4-6,13H2,1-3H3. The van der Waals surface area contributed by atoms with Gasteiger partial charge in [-0.2, -0.15) is 4.68 Å². The summed E-state index contributed by atoms with van der Waals surface area (Å²) in [4.78, 5) is 25.6. The number of amides is 1. The van der Waals surface area contributed by atoms with Crippen molar-refractivity contribution in [3.8, 4) is 0 Å². The van der Waals surface area contributed by atoms with Crippen molar-refractivity contribution in [1.82, 2.24) is 19.8 Å². The van der Waals surface area contributed by atoms with Crippen molar-refractivity contribution >= 4 is 27.5 Å². The summed E-state index contributed by atoms with van der Waals surface area (Å²) >= 11 is 1.01. The molecule has 0 spiro atoms. The van der Waals surface area contributed by atoms with Crippen LogP contribution in [-0.2, 0) is 14.6 Å². The van der Waals surface area contributed by atoms with Crippen molar-refractivity contribution in [1.29, 1.82) is 0 Å². The highest BCUT2D eigenvalue weighted by Gasteiger charge is 2.34. The molecule has 2 rings (SSSR count). The molecule has 1 fully saturated rings. The first-order chi connectivity index (χ1) is 10.6. The van der Waals surface area contributed by atoms with Crippen LogP contribution in [0.25, 0.3) is 0 Å². The van der Waals surface area contributed by atoms with E-state index < -0.39 is 20.6 Å². The highest BCUT2D eigenvalue weighted by atomic mass is 32.2. The van der Waals surface area contributed by atoms with Gasteiger partial charge in [0.1, 0.15) is 5.69 Å². The molecule has 0 aromatic carbocycles. The Balaban J connectivity index is 2.09. The molecule has 0 radical (unpaired) electrons. The number of rotatable bonds is 4. The molecule has 1 aliphatic heterocycles. The smallest absolute Gasteiger partial charge is 0.294 e. The number of hydrogen-bond acceptors (Lipinski definition) is 8. The molecular formula is C12H19N5O4S2. The molecule has 2 heterocycles. The molecule has 9 nitrogen and oxygen atoms in total. The number of carbonyl (C=O) groups is 1. The van der Waals surface area contributed by atoms with Crippen LogP contribution < -0.4 is 11.4 Å². The Morgan fingerprint density at radius 3 is 2.70 bits per heavy atom. The van der Waals surface area contributed by atoms with Gasteiger partial charge in [-0.1, -0.05) is 11.8 Å². The van der Waals surface area contributed by atoms with E-state index in [1.165, 1.54) is 11.8 Å². The van der Waals surface area contributed by atoms with Crippen LogP contribution in [0, 0.1) is 6.92 Å². The second kappa shape index (κ2) is 6.48. The first-order valence-corrected chi connectivity index (χ1v) is 9.67. The minimum Gasteiger partial charge on any atom is -0.341 e. The fraction of sp³-hybridized carbons (Fsp3) is 0.667. The summed E-state index contributed by atoms with van der Waals surface area (Å²) in [5, 5.41) is 7.09. The third-order valence-corrected chi connectivity index (χ3v) is 6.55. The predicted molar refractivity (Wildman–Crippen MR) is 86.3 cm³/mol. The Kier molecular flexibility index (Phi) is 4.99. The lowest BCUT2D eigenvalue weighted by atomic mass is 10.2. The lowest BCUT2D eigenvalue weighted by Gasteiger charge is -2.26. The second-order valence-electron chi connectivity index (χ2n) is 5.51. The SMILES string of the molecule is Cc1nnc(SC(C)C(=O)N(C)C2CCS(=O)(=O)C2)n(N)c1=O. The first kappa shape index (κ1) is 17.7. The monoisotopic (exact) mass is 361 g/mol. The molecule has 2 N–H and O–H groups in total. The minimum absolute atomic E-state index is 0.0153. The van der Waals surface area contributed by atoms with Gasteiger partial charge in [-0.25, -0.2) is 8.42 Å². The normalized spacial score (nSPS) is 21.1. The summed E-state index contributed by atoms with van der Waals surface area (Å²) in [6.45, 7) is 3.15. The zero-order chi connectivity index (χ0) is 17.4. The van der Waals surface area contributed by atoms with Crippen molar-refractivity contribution in [2.24, 2.45) is 0 Å². The molecule has 1 aromatic rings. The van der Waals surface area contributed by atoms with E-state index in [0.29, 0.717) is 6.42 Å². The molecule has 1 aromatic heterocycles. The van der Waals surface area contributed by atoms with Crippen molar-refractivity contribution in [3.63, 3.8) is 0 Å². The van der Waals surface area contributed by atoms with Gasteiger partial charge in [-0.15, -0.1) is 10.2 Å². The van der Waals surface area contributed by atoms with E-state index in [2.05, 4.69) is 10.2 Å². The average Bonchev–Trinajstić information content (AvgIpc) is 2.86. The van der Waals surface area contributed by atoms with Gasteiger partial charge in [0.25, 0.3) is 5.56 Å². The molecule has 11 heteroatoms. The molecule has 2 atom stereocenters. The van der Waals surface area contributed by atoms with Crippen LogP contribution in [0.2, 0.25) is 0 Å². The van der Waals surface area contributed by atoms with Crippen LogP contribution in [0.3, 0.4) is 0 Å². The van der Waals surface area contributed by atoms with Gasteiger partial charge in [0.05, 0.1) is 16.8 Å². The Morgan fingerprint density at radius 1 is 1.48 bits per heavy atom. The number of aromatic nitrogens is 3. The van der Waals surface area contributed by atoms with Crippen LogP contribution in [0.5, 0.6) is 0 Å². The molecule has 23 heavy (non-hydrogen) atoms. The Morgan fingerprint density at radius 2 is 2.13 bits per heavy atom. The van der Waals surface area contributed by atoms with Crippen LogP contribution >= 0.6 is 11.8 Å². The summed E-state index contributed by atoms with van der Waals surface area (Å²) in [6, 6.07) is -0.320. The molecule has 1 amide bonds. The molecule has 0 saturated carbocycles. The summed E-state index contributed by atoms with van der Waals surface area (Å²) < 4.78 is 23.9. The van der Waals surface area contributed by atoms with E-state index in [1.54, 1.807) is 14.0 Å². The van der Waals surface area contributed by atoms with Gasteiger partial charge in [-0.3, -0.25) is 9.59 Å². The molecule has 1 aliphatic rings. The number of nitrogen functional groups attached to an aromatic ring is 1. The van der Waals surface area contributed by atoms with Gasteiger partial charge in [0.2, 0.25) is 11.1 Å². The molecular weight excluding hydrogens is 342 g/mol. The number of hydrogen-bond donors (Lipinski definition) is 1. The maximum absolute atomic E-state index is 12.4. The van der Waals surface area contributed by atoms with Crippen LogP contribution in [-0.4, -0.2) is 63.9 Å². The van der Waals surface area contributed by atoms with Crippen molar-refractivity contribution in [2.45, 2.75) is 36.7 Å². The Hall–Kier alpha value is -1.62. The van der Waals surface area contributed by atoms with Crippen LogP contribution in [0.1, 0.15) is 19.0 Å². The van der Waals surface area contributed by atoms with Crippen LogP contribution in [0.15, 0.2) is 9.95 Å². The maximum Gasteiger partial charge on any atom is 0.294 e. The van der Waals surface area contributed by atoms with Gasteiger partial charge >= 0.3 is 0 Å².